The van der Waals surface area contributed by atoms with E-state index < -0.39 is 25.9 Å². The molecule has 0 aliphatic rings. The summed E-state index contributed by atoms with van der Waals surface area (Å²) < 4.78 is 57.8. The van der Waals surface area contributed by atoms with Gasteiger partial charge in [0.25, 0.3) is 0 Å². The Morgan fingerprint density at radius 2 is 1.62 bits per heavy atom. The molecule has 1 N–H and O–H groups in total. The number of sulfonamides is 1. The van der Waals surface area contributed by atoms with E-state index in [1.165, 1.54) is 12.1 Å². The minimum Gasteiger partial charge on any atom is -0.496 e. The molecule has 2 aromatic rings. The highest BCUT2D eigenvalue weighted by Crippen LogP contribution is 2.32. The highest BCUT2D eigenvalue weighted by atomic mass is 32.2. The van der Waals surface area contributed by atoms with E-state index in [-0.39, 0.29) is 15.7 Å². The molecule has 0 aromatic heterocycles. The van der Waals surface area contributed by atoms with Gasteiger partial charge >= 0.3 is 0 Å². The molecular weight excluding hydrogens is 410 g/mol. The Morgan fingerprint density at radius 3 is 2.07 bits per heavy atom. The van der Waals surface area contributed by atoms with Crippen molar-refractivity contribution in [2.45, 2.75) is 55.9 Å². The average Bonchev–Trinajstić information content (AvgIpc) is 2.64. The van der Waals surface area contributed by atoms with Crippen molar-refractivity contribution in [2.24, 2.45) is 0 Å². The average molecular weight is 440 g/mol. The van der Waals surface area contributed by atoms with E-state index in [0.29, 0.717) is 23.3 Å². The quantitative estimate of drug-likeness (QED) is 0.672. The van der Waals surface area contributed by atoms with Crippen molar-refractivity contribution in [1.29, 1.82) is 0 Å². The van der Waals surface area contributed by atoms with Gasteiger partial charge in [0.05, 0.1) is 16.9 Å². The van der Waals surface area contributed by atoms with Crippen molar-refractivity contribution in [3.63, 3.8) is 0 Å². The molecule has 2 aromatic carbocycles. The molecule has 0 aliphatic heterocycles. The molecule has 0 saturated heterocycles. The molecule has 0 saturated carbocycles. The van der Waals surface area contributed by atoms with Crippen molar-refractivity contribution < 1.29 is 21.6 Å². The number of hydrogen-bond donors (Lipinski definition) is 1. The Morgan fingerprint density at radius 1 is 1.03 bits per heavy atom. The van der Waals surface area contributed by atoms with E-state index in [1.807, 2.05) is 20.8 Å². The zero-order valence-corrected chi connectivity index (χ0v) is 19.3. The first kappa shape index (κ1) is 23.4. The van der Waals surface area contributed by atoms with Crippen LogP contribution in [0.5, 0.6) is 5.75 Å². The van der Waals surface area contributed by atoms with Crippen molar-refractivity contribution in [2.75, 3.05) is 13.4 Å². The van der Waals surface area contributed by atoms with Crippen molar-refractivity contribution in [3.8, 4) is 5.75 Å². The van der Waals surface area contributed by atoms with Crippen LogP contribution in [0.2, 0.25) is 0 Å². The zero-order valence-electron chi connectivity index (χ0n) is 17.7. The third-order valence-corrected chi connectivity index (χ3v) is 7.60. The summed E-state index contributed by atoms with van der Waals surface area (Å²) >= 11 is 0. The van der Waals surface area contributed by atoms with Gasteiger partial charge in [-0.3, -0.25) is 0 Å². The Kier molecular flexibility index (Phi) is 7.14. The maximum absolute atomic E-state index is 13.1. The van der Waals surface area contributed by atoms with E-state index >= 15 is 0 Å². The maximum Gasteiger partial charge on any atom is 0.241 e. The van der Waals surface area contributed by atoms with Gasteiger partial charge in [-0.15, -0.1) is 0 Å². The van der Waals surface area contributed by atoms with Crippen LogP contribution >= 0.6 is 0 Å². The number of benzene rings is 2. The zero-order chi connectivity index (χ0) is 22.0. The smallest absolute Gasteiger partial charge is 0.241 e. The van der Waals surface area contributed by atoms with Gasteiger partial charge in [0.1, 0.15) is 5.75 Å². The highest BCUT2D eigenvalue weighted by molar-refractivity contribution is 7.90. The van der Waals surface area contributed by atoms with E-state index in [9.17, 15) is 16.8 Å². The summed E-state index contributed by atoms with van der Waals surface area (Å²) in [6, 6.07) is 9.22. The molecule has 6 nitrogen and oxygen atoms in total. The largest absolute Gasteiger partial charge is 0.496 e. The predicted molar refractivity (Wildman–Crippen MR) is 115 cm³/mol. The fourth-order valence-electron chi connectivity index (χ4n) is 3.18. The Balaban J connectivity index is 2.42. The third-order valence-electron chi connectivity index (χ3n) is 4.86. The topological polar surface area (TPSA) is 89.5 Å². The lowest BCUT2D eigenvalue weighted by atomic mass is 10.0. The lowest BCUT2D eigenvalue weighted by Gasteiger charge is -2.21. The van der Waals surface area contributed by atoms with Crippen LogP contribution in [0.3, 0.4) is 0 Å². The van der Waals surface area contributed by atoms with Gasteiger partial charge in [-0.1, -0.05) is 32.9 Å². The van der Waals surface area contributed by atoms with Gasteiger partial charge in [0.2, 0.25) is 10.0 Å². The van der Waals surface area contributed by atoms with E-state index in [2.05, 4.69) is 4.72 Å². The highest BCUT2D eigenvalue weighted by Gasteiger charge is 2.24. The first-order valence-corrected chi connectivity index (χ1v) is 12.8. The van der Waals surface area contributed by atoms with Gasteiger partial charge in [-0.25, -0.2) is 21.6 Å². The van der Waals surface area contributed by atoms with Crippen LogP contribution in [0.25, 0.3) is 0 Å². The molecule has 0 unspecified atom stereocenters. The summed E-state index contributed by atoms with van der Waals surface area (Å²) in [4.78, 5) is 0.416. The van der Waals surface area contributed by atoms with E-state index in [0.717, 1.165) is 11.8 Å². The molecule has 0 radical (unpaired) electrons. The number of methoxy groups -OCH3 is 1. The molecule has 8 heteroatoms. The van der Waals surface area contributed by atoms with Crippen LogP contribution in [-0.2, 0) is 19.9 Å². The van der Waals surface area contributed by atoms with Gasteiger partial charge in [0.15, 0.2) is 9.84 Å². The number of sulfone groups is 1. The summed E-state index contributed by atoms with van der Waals surface area (Å²) in [6.45, 7) is 7.57. The Bertz CT molecular complexity index is 1070. The van der Waals surface area contributed by atoms with Crippen LogP contribution in [0, 0.1) is 6.92 Å². The summed E-state index contributed by atoms with van der Waals surface area (Å²) in [5.41, 5.74) is 2.13. The normalized spacial score (nSPS) is 13.5. The predicted octanol–water partition coefficient (Wildman–Crippen LogP) is 3.96. The molecule has 160 valence electrons. The molecule has 0 heterocycles. The molecular formula is C21H29NO5S2. The molecule has 0 aliphatic carbocycles. The van der Waals surface area contributed by atoms with Crippen LogP contribution in [0.4, 0.5) is 0 Å². The SMILES string of the molecule is CC[C@H](NS(=O)(=O)c1cc(C(C)C)c(OC)cc1C)c1ccc(S(C)(=O)=O)cc1. The minimum atomic E-state index is -3.79. The molecule has 0 spiro atoms. The van der Waals surface area contributed by atoms with Crippen molar-refractivity contribution >= 4 is 19.9 Å². The lowest BCUT2D eigenvalue weighted by molar-refractivity contribution is 0.406. The monoisotopic (exact) mass is 439 g/mol. The fourth-order valence-corrected chi connectivity index (χ4v) is 5.38. The number of ether oxygens (including phenoxy) is 1. The van der Waals surface area contributed by atoms with Crippen LogP contribution in [0.1, 0.15) is 55.8 Å². The first-order chi connectivity index (χ1) is 13.4. The molecule has 0 amide bonds. The summed E-state index contributed by atoms with van der Waals surface area (Å²) in [6.07, 6.45) is 1.66. The molecule has 29 heavy (non-hydrogen) atoms. The number of hydrogen-bond acceptors (Lipinski definition) is 5. The molecule has 1 atom stereocenters. The third kappa shape index (κ3) is 5.38. The van der Waals surface area contributed by atoms with E-state index in [1.54, 1.807) is 38.3 Å². The van der Waals surface area contributed by atoms with Crippen molar-refractivity contribution in [1.82, 2.24) is 4.72 Å². The van der Waals surface area contributed by atoms with Gasteiger partial charge in [0, 0.05) is 12.3 Å². The van der Waals surface area contributed by atoms with Gasteiger partial charge in [-0.05, 0) is 60.2 Å². The summed E-state index contributed by atoms with van der Waals surface area (Å²) in [5.74, 6) is 0.768. The van der Waals surface area contributed by atoms with Crippen LogP contribution < -0.4 is 9.46 Å². The lowest BCUT2D eigenvalue weighted by Crippen LogP contribution is -2.29. The first-order valence-electron chi connectivity index (χ1n) is 9.41. The second-order valence-corrected chi connectivity index (χ2v) is 11.1. The molecule has 0 fully saturated rings. The summed E-state index contributed by atoms with van der Waals surface area (Å²) in [5, 5.41) is 0. The standard InChI is InChI=1S/C21H29NO5S2/c1-7-19(16-8-10-17(11-9-16)28(6,23)24)22-29(25,26)21-13-18(14(2)3)20(27-5)12-15(21)4/h8-14,19,22H,7H2,1-6H3/t19-/m0/s1. The van der Waals surface area contributed by atoms with Crippen LogP contribution in [0.15, 0.2) is 46.2 Å². The van der Waals surface area contributed by atoms with Crippen molar-refractivity contribution in [3.05, 3.63) is 53.1 Å². The second-order valence-electron chi connectivity index (χ2n) is 7.44. The molecule has 0 bridgehead atoms. The minimum absolute atomic E-state index is 0.102. The second kappa shape index (κ2) is 8.85. The summed E-state index contributed by atoms with van der Waals surface area (Å²) in [7, 11) is -5.53. The van der Waals surface area contributed by atoms with Gasteiger partial charge in [-0.2, -0.15) is 0 Å². The van der Waals surface area contributed by atoms with Crippen LogP contribution in [-0.4, -0.2) is 30.2 Å². The number of aryl methyl sites for hydroxylation is 1. The Labute approximate surface area is 174 Å². The van der Waals surface area contributed by atoms with Gasteiger partial charge < -0.3 is 4.74 Å². The van der Waals surface area contributed by atoms with E-state index in [4.69, 9.17) is 4.74 Å². The number of rotatable bonds is 8. The Hall–Kier alpha value is -1.90. The number of nitrogens with one attached hydrogen (secondary N) is 1. The fraction of sp³-hybridized carbons (Fsp3) is 0.429. The maximum atomic E-state index is 13.1. The molecule has 2 rings (SSSR count).